The van der Waals surface area contributed by atoms with Crippen molar-refractivity contribution in [2.24, 2.45) is 5.92 Å². The van der Waals surface area contributed by atoms with Crippen LogP contribution in [-0.2, 0) is 9.59 Å². The van der Waals surface area contributed by atoms with Gasteiger partial charge in [-0.25, -0.2) is 14.8 Å². The van der Waals surface area contributed by atoms with Crippen molar-refractivity contribution in [2.45, 2.75) is 39.0 Å². The van der Waals surface area contributed by atoms with Gasteiger partial charge in [-0.2, -0.15) is 12.8 Å². The fourth-order valence-corrected chi connectivity index (χ4v) is 3.24. The summed E-state index contributed by atoms with van der Waals surface area (Å²) in [6.07, 6.45) is 5.25. The second-order valence-electron chi connectivity index (χ2n) is 7.09. The van der Waals surface area contributed by atoms with Crippen LogP contribution in [-0.4, -0.2) is 19.3 Å². The third kappa shape index (κ3) is 8.31. The Morgan fingerprint density at radius 3 is 2.52 bits per heavy atom. The number of amides is 1. The molecule has 0 aromatic heterocycles. The molecule has 4 nitrogen and oxygen atoms in total. The summed E-state index contributed by atoms with van der Waals surface area (Å²) in [4.78, 5) is 22.3. The molecule has 1 saturated carbocycles. The van der Waals surface area contributed by atoms with Crippen molar-refractivity contribution in [3.05, 3.63) is 72.0 Å². The van der Waals surface area contributed by atoms with Gasteiger partial charge in [-0.05, 0) is 24.8 Å². The van der Waals surface area contributed by atoms with Crippen molar-refractivity contribution in [1.82, 2.24) is 0 Å². The van der Waals surface area contributed by atoms with Crippen LogP contribution in [0.25, 0.3) is 0 Å². The number of carbonyl (C=O) groups is 1. The maximum absolute atomic E-state index is 12.2. The molecule has 0 unspecified atom stereocenters. The Hall–Kier alpha value is -1.25. The monoisotopic (exact) mass is 453 g/mol. The van der Waals surface area contributed by atoms with Gasteiger partial charge in [-0.15, -0.1) is 17.7 Å². The SMILES string of the molecule is COc1cc(NC(=O)C2CC[CH-]CC2)ccc1C.[CH2-]c1c([C-]=O)cccc1C(F)F.[K+]. The Bertz CT molecular complexity index is 868. The van der Waals surface area contributed by atoms with E-state index in [1.807, 2.05) is 25.1 Å². The van der Waals surface area contributed by atoms with Crippen molar-refractivity contribution in [1.29, 1.82) is 0 Å². The largest absolute Gasteiger partial charge is 1.00 e. The Morgan fingerprint density at radius 2 is 1.94 bits per heavy atom. The van der Waals surface area contributed by atoms with Gasteiger partial charge in [0, 0.05) is 17.7 Å². The molecule has 3 rings (SSSR count). The zero-order valence-electron chi connectivity index (χ0n) is 18.2. The van der Waals surface area contributed by atoms with Gasteiger partial charge < -0.3 is 21.3 Å². The first-order valence-electron chi connectivity index (χ1n) is 9.75. The number of rotatable bonds is 5. The number of nitrogens with one attached hydrogen (secondary N) is 1. The van der Waals surface area contributed by atoms with Crippen molar-refractivity contribution in [2.75, 3.05) is 12.4 Å². The second-order valence-corrected chi connectivity index (χ2v) is 7.09. The van der Waals surface area contributed by atoms with E-state index in [9.17, 15) is 18.4 Å². The second kappa shape index (κ2) is 14.0. The molecular weight excluding hydrogens is 427 g/mol. The Morgan fingerprint density at radius 1 is 1.26 bits per heavy atom. The first-order chi connectivity index (χ1) is 14.4. The van der Waals surface area contributed by atoms with E-state index in [1.165, 1.54) is 18.2 Å². The molecule has 0 saturated heterocycles. The van der Waals surface area contributed by atoms with E-state index in [0.717, 1.165) is 42.7 Å². The Labute approximate surface area is 225 Å². The molecule has 0 radical (unpaired) electrons. The first kappa shape index (κ1) is 27.8. The number of carbonyl (C=O) groups excluding carboxylic acids is 2. The van der Waals surface area contributed by atoms with Crippen LogP contribution in [0.5, 0.6) is 5.75 Å². The van der Waals surface area contributed by atoms with E-state index < -0.39 is 6.43 Å². The molecule has 2 aromatic rings. The van der Waals surface area contributed by atoms with E-state index in [4.69, 9.17) is 4.74 Å². The number of methoxy groups -OCH3 is 1. The molecule has 0 bridgehead atoms. The van der Waals surface area contributed by atoms with E-state index in [-0.39, 0.29) is 79.9 Å². The van der Waals surface area contributed by atoms with Crippen molar-refractivity contribution < 1.29 is 74.5 Å². The molecular formula is C24H26F2KNO3-2. The summed E-state index contributed by atoms with van der Waals surface area (Å²) in [5.41, 5.74) is 1.82. The van der Waals surface area contributed by atoms with Gasteiger partial charge in [-0.1, -0.05) is 18.9 Å². The van der Waals surface area contributed by atoms with Gasteiger partial charge in [0.15, 0.2) is 0 Å². The Balaban J connectivity index is 0.000000324. The summed E-state index contributed by atoms with van der Waals surface area (Å²) in [6.45, 7) is 5.36. The summed E-state index contributed by atoms with van der Waals surface area (Å²) in [7, 11) is 1.64. The maximum Gasteiger partial charge on any atom is 1.00 e. The van der Waals surface area contributed by atoms with Crippen LogP contribution in [0.2, 0.25) is 0 Å². The fourth-order valence-electron chi connectivity index (χ4n) is 3.24. The quantitative estimate of drug-likeness (QED) is 0.559. The number of anilines is 1. The fraction of sp³-hybridized carbons (Fsp3) is 0.333. The number of halogens is 2. The molecule has 0 heterocycles. The number of aryl methyl sites for hydroxylation is 1. The van der Waals surface area contributed by atoms with Gasteiger partial charge >= 0.3 is 51.4 Å². The summed E-state index contributed by atoms with van der Waals surface area (Å²) in [5, 5.41) is 2.98. The standard InChI is InChI=1S/C15H20NO2.C9H6F2O.K/c1-11-8-9-13(10-14(11)18-2)16-15(17)12-6-4-3-5-7-12;1-6-7(5-12)3-2-4-8(6)9(10)11;/h3,8-10,12H,4-7H2,1-2H3,(H,16,17);2-4,9H,1H2;/q-1;-2;+1. The molecule has 1 fully saturated rings. The predicted molar refractivity (Wildman–Crippen MR) is 113 cm³/mol. The summed E-state index contributed by atoms with van der Waals surface area (Å²) >= 11 is 0. The van der Waals surface area contributed by atoms with Gasteiger partial charge in [0.2, 0.25) is 12.3 Å². The maximum atomic E-state index is 12.2. The van der Waals surface area contributed by atoms with Crippen LogP contribution >= 0.6 is 0 Å². The summed E-state index contributed by atoms with van der Waals surface area (Å²) in [6, 6.07) is 9.79. The molecule has 1 N–H and O–H groups in total. The van der Waals surface area contributed by atoms with E-state index >= 15 is 0 Å². The molecule has 0 aliphatic heterocycles. The molecule has 2 aromatic carbocycles. The van der Waals surface area contributed by atoms with E-state index in [1.54, 1.807) is 13.4 Å². The normalized spacial score (nSPS) is 13.5. The minimum absolute atomic E-state index is 0. The molecule has 1 aliphatic carbocycles. The summed E-state index contributed by atoms with van der Waals surface area (Å²) in [5.74, 6) is 1.10. The minimum atomic E-state index is -2.59. The van der Waals surface area contributed by atoms with Crippen LogP contribution < -0.4 is 61.4 Å². The third-order valence-corrected chi connectivity index (χ3v) is 5.04. The van der Waals surface area contributed by atoms with Crippen molar-refractivity contribution in [3.8, 4) is 5.75 Å². The van der Waals surface area contributed by atoms with Crippen LogP contribution in [0.1, 0.15) is 54.4 Å². The summed E-state index contributed by atoms with van der Waals surface area (Å²) < 4.78 is 29.6. The van der Waals surface area contributed by atoms with Crippen LogP contribution in [0.3, 0.4) is 0 Å². The van der Waals surface area contributed by atoms with Crippen molar-refractivity contribution >= 4 is 17.9 Å². The van der Waals surface area contributed by atoms with Gasteiger partial charge in [0.25, 0.3) is 0 Å². The Kier molecular flexibility index (Phi) is 12.6. The smallest absolute Gasteiger partial charge is 0.496 e. The predicted octanol–water partition coefficient (Wildman–Crippen LogP) is 2.60. The van der Waals surface area contributed by atoms with E-state index in [2.05, 4.69) is 18.7 Å². The number of hydrogen-bond acceptors (Lipinski definition) is 3. The average molecular weight is 454 g/mol. The van der Waals surface area contributed by atoms with Crippen LogP contribution in [0.15, 0.2) is 36.4 Å². The zero-order valence-corrected chi connectivity index (χ0v) is 21.3. The van der Waals surface area contributed by atoms with Crippen LogP contribution in [0, 0.1) is 26.2 Å². The zero-order chi connectivity index (χ0) is 22.1. The molecule has 31 heavy (non-hydrogen) atoms. The van der Waals surface area contributed by atoms with Gasteiger partial charge in [0.1, 0.15) is 5.75 Å². The first-order valence-corrected chi connectivity index (χ1v) is 9.75. The van der Waals surface area contributed by atoms with Crippen LogP contribution in [0.4, 0.5) is 14.5 Å². The number of ether oxygens (including phenoxy) is 1. The molecule has 7 heteroatoms. The minimum Gasteiger partial charge on any atom is -0.496 e. The molecule has 0 atom stereocenters. The van der Waals surface area contributed by atoms with Crippen molar-refractivity contribution in [3.63, 3.8) is 0 Å². The molecule has 162 valence electrons. The molecule has 0 spiro atoms. The number of alkyl halides is 2. The molecule has 1 amide bonds. The topological polar surface area (TPSA) is 55.4 Å². The third-order valence-electron chi connectivity index (χ3n) is 5.04. The number of hydrogen-bond donors (Lipinski definition) is 1. The molecule has 1 aliphatic rings. The van der Waals surface area contributed by atoms with E-state index in [0.29, 0.717) is 0 Å². The average Bonchev–Trinajstić information content (AvgIpc) is 2.76. The van der Waals surface area contributed by atoms with Gasteiger partial charge in [0.05, 0.1) is 7.11 Å². The van der Waals surface area contributed by atoms with Gasteiger partial charge in [-0.3, -0.25) is 22.8 Å². The number of benzene rings is 2.